The molecule has 0 heterocycles. The molecule has 4 heteroatoms. The third kappa shape index (κ3) is 9.11. The van der Waals surface area contributed by atoms with Gasteiger partial charge in [0.25, 0.3) is 0 Å². The van der Waals surface area contributed by atoms with Crippen molar-refractivity contribution in [2.45, 2.75) is 39.2 Å². The van der Waals surface area contributed by atoms with E-state index in [9.17, 15) is 0 Å². The van der Waals surface area contributed by atoms with Gasteiger partial charge in [0.05, 0.1) is 24.2 Å². The van der Waals surface area contributed by atoms with Gasteiger partial charge in [-0.05, 0) is 33.2 Å². The number of nitrogens with one attached hydrogen (secondary N) is 1. The SMILES string of the molecule is COCC(CNCCCCC(C)(C)C#N)OC. The number of ether oxygens (including phenoxy) is 2. The Bertz CT molecular complexity index is 224. The molecule has 0 radical (unpaired) electrons. The molecule has 1 unspecified atom stereocenters. The van der Waals surface area contributed by atoms with E-state index in [-0.39, 0.29) is 11.5 Å². The molecule has 0 saturated heterocycles. The maximum absolute atomic E-state index is 8.86. The first-order chi connectivity index (χ1) is 8.05. The Hall–Kier alpha value is -0.630. The van der Waals surface area contributed by atoms with E-state index in [0.717, 1.165) is 32.4 Å². The minimum atomic E-state index is -0.189. The van der Waals surface area contributed by atoms with Crippen LogP contribution in [0.25, 0.3) is 0 Å². The second-order valence-corrected chi connectivity index (χ2v) is 4.97. The first-order valence-corrected chi connectivity index (χ1v) is 6.19. The lowest BCUT2D eigenvalue weighted by Crippen LogP contribution is -2.32. The summed E-state index contributed by atoms with van der Waals surface area (Å²) < 4.78 is 10.3. The van der Waals surface area contributed by atoms with Crippen molar-refractivity contribution in [3.63, 3.8) is 0 Å². The molecule has 0 aliphatic rings. The lowest BCUT2D eigenvalue weighted by atomic mass is 9.89. The quantitative estimate of drug-likeness (QED) is 0.595. The predicted molar refractivity (Wildman–Crippen MR) is 68.8 cm³/mol. The number of methoxy groups -OCH3 is 2. The maximum Gasteiger partial charge on any atom is 0.0928 e. The fraction of sp³-hybridized carbons (Fsp3) is 0.923. The number of hydrogen-bond acceptors (Lipinski definition) is 4. The summed E-state index contributed by atoms with van der Waals surface area (Å²) in [6.07, 6.45) is 3.25. The number of unbranched alkanes of at least 4 members (excludes halogenated alkanes) is 1. The molecular weight excluding hydrogens is 216 g/mol. The minimum absolute atomic E-state index is 0.121. The second-order valence-electron chi connectivity index (χ2n) is 4.97. The molecule has 0 aliphatic carbocycles. The minimum Gasteiger partial charge on any atom is -0.382 e. The van der Waals surface area contributed by atoms with Crippen molar-refractivity contribution in [1.82, 2.24) is 5.32 Å². The highest BCUT2D eigenvalue weighted by atomic mass is 16.5. The van der Waals surface area contributed by atoms with Crippen LogP contribution in [-0.2, 0) is 9.47 Å². The molecule has 0 bridgehead atoms. The van der Waals surface area contributed by atoms with Crippen molar-refractivity contribution in [3.05, 3.63) is 0 Å². The van der Waals surface area contributed by atoms with Gasteiger partial charge < -0.3 is 14.8 Å². The van der Waals surface area contributed by atoms with Crippen molar-refractivity contribution in [1.29, 1.82) is 5.26 Å². The Morgan fingerprint density at radius 1 is 1.29 bits per heavy atom. The van der Waals surface area contributed by atoms with Gasteiger partial charge in [0.15, 0.2) is 0 Å². The van der Waals surface area contributed by atoms with Crippen molar-refractivity contribution in [2.75, 3.05) is 33.9 Å². The van der Waals surface area contributed by atoms with E-state index in [1.54, 1.807) is 14.2 Å². The Kier molecular flexibility index (Phi) is 9.06. The van der Waals surface area contributed by atoms with Crippen LogP contribution in [0.4, 0.5) is 0 Å². The monoisotopic (exact) mass is 242 g/mol. The summed E-state index contributed by atoms with van der Waals surface area (Å²) >= 11 is 0. The summed E-state index contributed by atoms with van der Waals surface area (Å²) in [5.41, 5.74) is -0.189. The van der Waals surface area contributed by atoms with Crippen LogP contribution >= 0.6 is 0 Å². The standard InChI is InChI=1S/C13H26N2O2/c1-13(2,11-14)7-5-6-8-15-9-12(17-4)10-16-3/h12,15H,5-10H2,1-4H3. The van der Waals surface area contributed by atoms with Crippen molar-refractivity contribution in [3.8, 4) is 6.07 Å². The average molecular weight is 242 g/mol. The van der Waals surface area contributed by atoms with E-state index >= 15 is 0 Å². The second kappa shape index (κ2) is 9.41. The highest BCUT2D eigenvalue weighted by molar-refractivity contribution is 4.91. The van der Waals surface area contributed by atoms with Gasteiger partial charge >= 0.3 is 0 Å². The van der Waals surface area contributed by atoms with Crippen LogP contribution in [0.15, 0.2) is 0 Å². The average Bonchev–Trinajstić information content (AvgIpc) is 2.32. The number of nitrogens with zero attached hydrogens (tertiary/aromatic N) is 1. The summed E-state index contributed by atoms with van der Waals surface area (Å²) in [5, 5.41) is 12.2. The Balaban J connectivity index is 3.43. The van der Waals surface area contributed by atoms with Gasteiger partial charge in [0, 0.05) is 20.8 Å². The van der Waals surface area contributed by atoms with E-state index in [0.29, 0.717) is 6.61 Å². The van der Waals surface area contributed by atoms with Crippen molar-refractivity contribution in [2.24, 2.45) is 5.41 Å². The zero-order valence-electron chi connectivity index (χ0n) is 11.6. The molecule has 4 nitrogen and oxygen atoms in total. The summed E-state index contributed by atoms with van der Waals surface area (Å²) in [7, 11) is 3.37. The summed E-state index contributed by atoms with van der Waals surface area (Å²) in [6, 6.07) is 2.32. The molecule has 0 amide bonds. The summed E-state index contributed by atoms with van der Waals surface area (Å²) in [4.78, 5) is 0. The van der Waals surface area contributed by atoms with Gasteiger partial charge in [-0.1, -0.05) is 6.42 Å². The van der Waals surface area contributed by atoms with E-state index < -0.39 is 0 Å². The largest absolute Gasteiger partial charge is 0.382 e. The van der Waals surface area contributed by atoms with Gasteiger partial charge in [-0.3, -0.25) is 0 Å². The molecule has 0 spiro atoms. The molecular formula is C13H26N2O2. The van der Waals surface area contributed by atoms with Crippen LogP contribution in [0, 0.1) is 16.7 Å². The van der Waals surface area contributed by atoms with E-state index in [1.807, 2.05) is 13.8 Å². The zero-order chi connectivity index (χ0) is 13.1. The normalized spacial score (nSPS) is 13.4. The van der Waals surface area contributed by atoms with Crippen LogP contribution in [-0.4, -0.2) is 40.0 Å². The highest BCUT2D eigenvalue weighted by Crippen LogP contribution is 2.21. The number of hydrogen-bond donors (Lipinski definition) is 1. The first kappa shape index (κ1) is 16.4. The van der Waals surface area contributed by atoms with Crippen LogP contribution in [0.1, 0.15) is 33.1 Å². The fourth-order valence-electron chi connectivity index (χ4n) is 1.53. The molecule has 0 saturated carbocycles. The lowest BCUT2D eigenvalue weighted by molar-refractivity contribution is 0.0290. The van der Waals surface area contributed by atoms with Crippen LogP contribution < -0.4 is 5.32 Å². The lowest BCUT2D eigenvalue weighted by Gasteiger charge is -2.16. The first-order valence-electron chi connectivity index (χ1n) is 6.19. The highest BCUT2D eigenvalue weighted by Gasteiger charge is 2.15. The molecule has 1 atom stereocenters. The van der Waals surface area contributed by atoms with Crippen LogP contribution in [0.2, 0.25) is 0 Å². The molecule has 0 aromatic rings. The van der Waals surface area contributed by atoms with E-state index in [1.165, 1.54) is 0 Å². The third-order valence-electron chi connectivity index (χ3n) is 2.77. The Morgan fingerprint density at radius 2 is 2.00 bits per heavy atom. The Morgan fingerprint density at radius 3 is 2.53 bits per heavy atom. The van der Waals surface area contributed by atoms with Crippen LogP contribution in [0.5, 0.6) is 0 Å². The maximum atomic E-state index is 8.86. The van der Waals surface area contributed by atoms with Crippen molar-refractivity contribution < 1.29 is 9.47 Å². The Labute approximate surface area is 105 Å². The number of rotatable bonds is 10. The summed E-state index contributed by atoms with van der Waals surface area (Å²) in [5.74, 6) is 0. The zero-order valence-corrected chi connectivity index (χ0v) is 11.6. The molecule has 100 valence electrons. The van der Waals surface area contributed by atoms with Gasteiger partial charge in [-0.25, -0.2) is 0 Å². The van der Waals surface area contributed by atoms with Gasteiger partial charge in [0.1, 0.15) is 0 Å². The molecule has 1 N–H and O–H groups in total. The fourth-order valence-corrected chi connectivity index (χ4v) is 1.53. The topological polar surface area (TPSA) is 54.3 Å². The molecule has 17 heavy (non-hydrogen) atoms. The molecule has 0 rings (SSSR count). The molecule has 0 aromatic heterocycles. The third-order valence-corrected chi connectivity index (χ3v) is 2.77. The molecule has 0 aromatic carbocycles. The number of nitriles is 1. The molecule has 0 aliphatic heterocycles. The van der Waals surface area contributed by atoms with E-state index in [4.69, 9.17) is 14.7 Å². The smallest absolute Gasteiger partial charge is 0.0928 e. The van der Waals surface area contributed by atoms with Gasteiger partial charge in [-0.15, -0.1) is 0 Å². The van der Waals surface area contributed by atoms with Gasteiger partial charge in [-0.2, -0.15) is 5.26 Å². The van der Waals surface area contributed by atoms with Gasteiger partial charge in [0.2, 0.25) is 0 Å². The van der Waals surface area contributed by atoms with E-state index in [2.05, 4.69) is 11.4 Å². The molecule has 0 fully saturated rings. The van der Waals surface area contributed by atoms with Crippen molar-refractivity contribution >= 4 is 0 Å². The summed E-state index contributed by atoms with van der Waals surface area (Å²) in [6.45, 7) is 6.36. The predicted octanol–water partition coefficient (Wildman–Crippen LogP) is 1.96. The van der Waals surface area contributed by atoms with Crippen LogP contribution in [0.3, 0.4) is 0 Å².